The molecule has 0 aliphatic heterocycles. The van der Waals surface area contributed by atoms with E-state index < -0.39 is 9.84 Å². The van der Waals surface area contributed by atoms with Gasteiger partial charge in [0.15, 0.2) is 0 Å². The molecule has 2 N–H and O–H groups in total. The van der Waals surface area contributed by atoms with Gasteiger partial charge in [0, 0.05) is 11.1 Å². The van der Waals surface area contributed by atoms with Crippen molar-refractivity contribution in [1.29, 1.82) is 0 Å². The number of rotatable bonds is 2. The van der Waals surface area contributed by atoms with E-state index in [9.17, 15) is 8.42 Å². The van der Waals surface area contributed by atoms with E-state index in [0.29, 0.717) is 5.69 Å². The van der Waals surface area contributed by atoms with Crippen LogP contribution < -0.4 is 5.73 Å². The molecule has 0 spiro atoms. The van der Waals surface area contributed by atoms with Crippen molar-refractivity contribution in [2.45, 2.75) is 61.0 Å². The van der Waals surface area contributed by atoms with E-state index in [-0.39, 0.29) is 14.5 Å². The molecule has 0 saturated heterocycles. The van der Waals surface area contributed by atoms with Crippen LogP contribution in [0.4, 0.5) is 5.69 Å². The number of nitrogen functional groups attached to an aromatic ring is 1. The minimum atomic E-state index is -3.66. The van der Waals surface area contributed by atoms with Gasteiger partial charge in [0.25, 0.3) is 0 Å². The van der Waals surface area contributed by atoms with Gasteiger partial charge in [-0.05, 0) is 60.4 Å². The quantitative estimate of drug-likeness (QED) is 0.665. The van der Waals surface area contributed by atoms with Crippen LogP contribution in [0.15, 0.2) is 39.4 Å². The number of anilines is 1. The normalized spacial score (nSPS) is 15.1. The topological polar surface area (TPSA) is 73.0 Å². The number of pyridine rings is 1. The summed E-state index contributed by atoms with van der Waals surface area (Å²) in [6.07, 6.45) is 4.23. The molecule has 0 atom stereocenters. The predicted molar refractivity (Wildman–Crippen MR) is 111 cm³/mol. The van der Waals surface area contributed by atoms with Crippen LogP contribution in [0.25, 0.3) is 10.2 Å². The number of aryl methyl sites for hydroxylation is 2. The van der Waals surface area contributed by atoms with Crippen molar-refractivity contribution in [3.63, 3.8) is 0 Å². The molecule has 3 aromatic rings. The largest absolute Gasteiger partial charge is 0.396 e. The number of nitrogens with two attached hydrogens (primary N) is 1. The van der Waals surface area contributed by atoms with Gasteiger partial charge in [-0.3, -0.25) is 0 Å². The maximum atomic E-state index is 13.2. The van der Waals surface area contributed by atoms with Crippen LogP contribution in [0.1, 0.15) is 50.4 Å². The summed E-state index contributed by atoms with van der Waals surface area (Å²) in [4.78, 5) is 5.72. The third-order valence-electron chi connectivity index (χ3n) is 5.24. The molecule has 0 amide bonds. The van der Waals surface area contributed by atoms with Gasteiger partial charge < -0.3 is 5.73 Å². The third kappa shape index (κ3) is 3.15. The Labute approximate surface area is 164 Å². The van der Waals surface area contributed by atoms with Gasteiger partial charge in [0.2, 0.25) is 9.84 Å². The lowest BCUT2D eigenvalue weighted by Gasteiger charge is -2.19. The zero-order valence-electron chi connectivity index (χ0n) is 15.9. The minimum absolute atomic E-state index is 0.0259. The smallest absolute Gasteiger partial charge is 0.218 e. The van der Waals surface area contributed by atoms with E-state index in [2.05, 4.69) is 20.8 Å². The second-order valence-electron chi connectivity index (χ2n) is 8.24. The molecule has 0 fully saturated rings. The number of benzene rings is 1. The first kappa shape index (κ1) is 18.4. The van der Waals surface area contributed by atoms with Crippen LogP contribution in [-0.2, 0) is 28.1 Å². The van der Waals surface area contributed by atoms with Gasteiger partial charge >= 0.3 is 0 Å². The predicted octanol–water partition coefficient (Wildman–Crippen LogP) is 4.89. The van der Waals surface area contributed by atoms with E-state index in [0.717, 1.165) is 47.2 Å². The zero-order chi connectivity index (χ0) is 19.4. The summed E-state index contributed by atoms with van der Waals surface area (Å²) in [6.45, 7) is 6.32. The van der Waals surface area contributed by atoms with Crippen LogP contribution in [0.3, 0.4) is 0 Å². The number of hydrogen-bond donors (Lipinski definition) is 1. The van der Waals surface area contributed by atoms with Gasteiger partial charge in [0.1, 0.15) is 9.04 Å². The van der Waals surface area contributed by atoms with E-state index >= 15 is 0 Å². The molecule has 0 radical (unpaired) electrons. The molecule has 27 heavy (non-hydrogen) atoms. The van der Waals surface area contributed by atoms with Crippen molar-refractivity contribution >= 4 is 37.1 Å². The fraction of sp³-hybridized carbons (Fsp3) is 0.381. The van der Waals surface area contributed by atoms with Crippen molar-refractivity contribution in [1.82, 2.24) is 4.98 Å². The molecule has 142 valence electrons. The Bertz CT molecular complexity index is 1120. The fourth-order valence-electron chi connectivity index (χ4n) is 3.58. The fourth-order valence-corrected chi connectivity index (χ4v) is 6.48. The van der Waals surface area contributed by atoms with Crippen molar-refractivity contribution in [3.8, 4) is 0 Å². The van der Waals surface area contributed by atoms with Crippen LogP contribution in [0.2, 0.25) is 0 Å². The summed E-state index contributed by atoms with van der Waals surface area (Å²) in [5, 5.41) is 0.769. The Morgan fingerprint density at radius 3 is 2.41 bits per heavy atom. The molecule has 1 aliphatic carbocycles. The molecule has 0 bridgehead atoms. The number of thiophene rings is 1. The van der Waals surface area contributed by atoms with Crippen LogP contribution in [0, 0.1) is 0 Å². The summed E-state index contributed by atoms with van der Waals surface area (Å²) in [6, 6.07) is 9.17. The monoisotopic (exact) mass is 400 g/mol. The van der Waals surface area contributed by atoms with Gasteiger partial charge in [-0.15, -0.1) is 11.3 Å². The van der Waals surface area contributed by atoms with Crippen LogP contribution in [-0.4, -0.2) is 13.4 Å². The molecule has 2 heterocycles. The molecule has 0 saturated carbocycles. The molecular weight excluding hydrogens is 376 g/mol. The third-order valence-corrected chi connectivity index (χ3v) is 8.66. The van der Waals surface area contributed by atoms with E-state index in [4.69, 9.17) is 10.7 Å². The second kappa shape index (κ2) is 6.31. The highest BCUT2D eigenvalue weighted by atomic mass is 32.2. The molecule has 6 heteroatoms. The van der Waals surface area contributed by atoms with Gasteiger partial charge in [-0.2, -0.15) is 0 Å². The Morgan fingerprint density at radius 2 is 1.74 bits per heavy atom. The van der Waals surface area contributed by atoms with Crippen molar-refractivity contribution in [2.75, 3.05) is 5.73 Å². The maximum absolute atomic E-state index is 13.2. The highest BCUT2D eigenvalue weighted by Gasteiger charge is 2.27. The summed E-state index contributed by atoms with van der Waals surface area (Å²) < 4.78 is 26.6. The molecule has 4 rings (SSSR count). The van der Waals surface area contributed by atoms with E-state index in [1.54, 1.807) is 12.1 Å². The maximum Gasteiger partial charge on any atom is 0.218 e. The van der Waals surface area contributed by atoms with Crippen molar-refractivity contribution < 1.29 is 8.42 Å². The molecule has 0 unspecified atom stereocenters. The molecule has 2 aromatic heterocycles. The van der Waals surface area contributed by atoms with Crippen molar-refractivity contribution in [2.24, 2.45) is 0 Å². The van der Waals surface area contributed by atoms with Crippen LogP contribution >= 0.6 is 11.3 Å². The van der Waals surface area contributed by atoms with Crippen LogP contribution in [0.5, 0.6) is 0 Å². The molecule has 4 nitrogen and oxygen atoms in total. The van der Waals surface area contributed by atoms with Gasteiger partial charge in [-0.1, -0.05) is 32.9 Å². The molecule has 1 aromatic carbocycles. The number of fused-ring (bicyclic) bond motifs is 2. The summed E-state index contributed by atoms with van der Waals surface area (Å²) >= 11 is 1.18. The number of aromatic nitrogens is 1. The standard InChI is InChI=1S/C21H24N2O2S2/c1-21(2,3)14-8-10-15(11-9-14)27(24,25)20-18(22)16-12-13-6-4-5-7-17(13)23-19(16)26-20/h8-12H,4-7,22H2,1-3H3. The Hall–Kier alpha value is -1.92. The van der Waals surface area contributed by atoms with Gasteiger partial charge in [0.05, 0.1) is 10.6 Å². The van der Waals surface area contributed by atoms with Crippen molar-refractivity contribution in [3.05, 3.63) is 47.2 Å². The Morgan fingerprint density at radius 1 is 1.07 bits per heavy atom. The SMILES string of the molecule is CC(C)(C)c1ccc(S(=O)(=O)c2sc3nc4c(cc3c2N)CCCC4)cc1. The number of hydrogen-bond acceptors (Lipinski definition) is 5. The molecular formula is C21H24N2O2S2. The first-order valence-electron chi connectivity index (χ1n) is 9.24. The lowest BCUT2D eigenvalue weighted by Crippen LogP contribution is -2.11. The minimum Gasteiger partial charge on any atom is -0.396 e. The Kier molecular flexibility index (Phi) is 4.31. The number of sulfone groups is 1. The zero-order valence-corrected chi connectivity index (χ0v) is 17.5. The summed E-state index contributed by atoms with van der Waals surface area (Å²) in [7, 11) is -3.66. The van der Waals surface area contributed by atoms with Gasteiger partial charge in [-0.25, -0.2) is 13.4 Å². The first-order chi connectivity index (χ1) is 12.7. The highest BCUT2D eigenvalue weighted by Crippen LogP contribution is 2.40. The second-order valence-corrected chi connectivity index (χ2v) is 11.4. The first-order valence-corrected chi connectivity index (χ1v) is 11.5. The summed E-state index contributed by atoms with van der Waals surface area (Å²) in [5.41, 5.74) is 9.98. The average Bonchev–Trinajstić information content (AvgIpc) is 2.96. The lowest BCUT2D eigenvalue weighted by atomic mass is 9.87. The van der Waals surface area contributed by atoms with E-state index in [1.807, 2.05) is 18.2 Å². The lowest BCUT2D eigenvalue weighted by molar-refractivity contribution is 0.587. The molecule has 1 aliphatic rings. The summed E-state index contributed by atoms with van der Waals surface area (Å²) in [5.74, 6) is 0. The van der Waals surface area contributed by atoms with E-state index in [1.165, 1.54) is 16.9 Å². The number of nitrogens with zero attached hydrogens (tertiary/aromatic N) is 1. The Balaban J connectivity index is 1.82. The highest BCUT2D eigenvalue weighted by molar-refractivity contribution is 7.93. The average molecular weight is 401 g/mol.